The lowest BCUT2D eigenvalue weighted by Crippen LogP contribution is -2.30. The topological polar surface area (TPSA) is 96.2 Å². The Labute approximate surface area is 146 Å². The van der Waals surface area contributed by atoms with E-state index in [4.69, 9.17) is 0 Å². The second-order valence-corrected chi connectivity index (χ2v) is 6.31. The fourth-order valence-corrected chi connectivity index (χ4v) is 2.87. The first-order valence-corrected chi connectivity index (χ1v) is 8.41. The number of amides is 2. The SMILES string of the molecule is Cc1cccc(CCCNC(=O)c2cc3n(n2)CC(O)CNC3=O)c1. The van der Waals surface area contributed by atoms with E-state index in [1.54, 1.807) is 0 Å². The molecule has 1 unspecified atom stereocenters. The van der Waals surface area contributed by atoms with Gasteiger partial charge < -0.3 is 15.7 Å². The molecule has 0 aliphatic carbocycles. The van der Waals surface area contributed by atoms with Crippen LogP contribution in [0.2, 0.25) is 0 Å². The first-order valence-electron chi connectivity index (χ1n) is 8.41. The Balaban J connectivity index is 1.54. The van der Waals surface area contributed by atoms with Crippen molar-refractivity contribution in [2.75, 3.05) is 13.1 Å². The summed E-state index contributed by atoms with van der Waals surface area (Å²) in [5.74, 6) is -0.644. The molecule has 1 aliphatic rings. The average Bonchev–Trinajstić information content (AvgIpc) is 2.95. The van der Waals surface area contributed by atoms with E-state index in [1.165, 1.54) is 21.9 Å². The van der Waals surface area contributed by atoms with Gasteiger partial charge in [0.05, 0.1) is 12.6 Å². The zero-order valence-corrected chi connectivity index (χ0v) is 14.2. The Kier molecular flexibility index (Phi) is 5.14. The molecule has 0 saturated heterocycles. The first-order chi connectivity index (χ1) is 12.0. The molecular weight excluding hydrogens is 320 g/mol. The lowest BCUT2D eigenvalue weighted by molar-refractivity contribution is 0.0931. The number of aromatic nitrogens is 2. The molecule has 0 fully saturated rings. The molecule has 25 heavy (non-hydrogen) atoms. The van der Waals surface area contributed by atoms with Crippen molar-refractivity contribution >= 4 is 11.8 Å². The van der Waals surface area contributed by atoms with Crippen molar-refractivity contribution in [2.45, 2.75) is 32.4 Å². The normalized spacial score (nSPS) is 16.7. The van der Waals surface area contributed by atoms with Crippen molar-refractivity contribution in [1.29, 1.82) is 0 Å². The highest BCUT2D eigenvalue weighted by Crippen LogP contribution is 2.09. The minimum Gasteiger partial charge on any atom is -0.389 e. The van der Waals surface area contributed by atoms with Crippen LogP contribution in [0.4, 0.5) is 0 Å². The smallest absolute Gasteiger partial charge is 0.271 e. The van der Waals surface area contributed by atoms with Gasteiger partial charge in [-0.05, 0) is 25.3 Å². The van der Waals surface area contributed by atoms with Crippen molar-refractivity contribution in [2.24, 2.45) is 0 Å². The fraction of sp³-hybridized carbons (Fsp3) is 0.389. The Morgan fingerprint density at radius 1 is 1.44 bits per heavy atom. The summed E-state index contributed by atoms with van der Waals surface area (Å²) in [6.45, 7) is 2.96. The summed E-state index contributed by atoms with van der Waals surface area (Å²) in [5, 5.41) is 19.3. The van der Waals surface area contributed by atoms with Gasteiger partial charge in [0.2, 0.25) is 0 Å². The lowest BCUT2D eigenvalue weighted by Gasteiger charge is -2.06. The van der Waals surface area contributed by atoms with Gasteiger partial charge in [-0.2, -0.15) is 5.10 Å². The number of β-amino-alcohol motifs (C(OH)–C–C–N with tert-alkyl or cyclic N) is 1. The summed E-state index contributed by atoms with van der Waals surface area (Å²) < 4.78 is 1.38. The molecule has 2 aromatic rings. The summed E-state index contributed by atoms with van der Waals surface area (Å²) >= 11 is 0. The molecule has 3 rings (SSSR count). The van der Waals surface area contributed by atoms with Crippen LogP contribution in [0.15, 0.2) is 30.3 Å². The second kappa shape index (κ2) is 7.48. The van der Waals surface area contributed by atoms with Gasteiger partial charge in [-0.25, -0.2) is 0 Å². The van der Waals surface area contributed by atoms with Crippen molar-refractivity contribution < 1.29 is 14.7 Å². The lowest BCUT2D eigenvalue weighted by atomic mass is 10.1. The number of nitrogens with one attached hydrogen (secondary N) is 2. The number of aliphatic hydroxyl groups excluding tert-OH is 1. The van der Waals surface area contributed by atoms with Gasteiger partial charge >= 0.3 is 0 Å². The first kappa shape index (κ1) is 17.2. The standard InChI is InChI=1S/C18H22N4O3/c1-12-4-2-5-13(8-12)6-3-7-19-17(24)15-9-16-18(25)20-10-14(23)11-22(16)21-15/h2,4-5,8-9,14,23H,3,6-7,10-11H2,1H3,(H,19,24)(H,20,25). The van der Waals surface area contributed by atoms with Gasteiger partial charge in [0.25, 0.3) is 11.8 Å². The molecular formula is C18H22N4O3. The Morgan fingerprint density at radius 3 is 3.08 bits per heavy atom. The van der Waals surface area contributed by atoms with Crippen molar-refractivity contribution in [3.63, 3.8) is 0 Å². The van der Waals surface area contributed by atoms with Gasteiger partial charge in [0, 0.05) is 19.2 Å². The third kappa shape index (κ3) is 4.24. The predicted molar refractivity (Wildman–Crippen MR) is 92.4 cm³/mol. The minimum absolute atomic E-state index is 0.183. The molecule has 7 heteroatoms. The highest BCUT2D eigenvalue weighted by atomic mass is 16.3. The molecule has 132 valence electrons. The molecule has 0 radical (unpaired) electrons. The number of carbonyl (C=O) groups is 2. The number of carbonyl (C=O) groups excluding carboxylic acids is 2. The van der Waals surface area contributed by atoms with E-state index < -0.39 is 6.10 Å². The van der Waals surface area contributed by atoms with E-state index >= 15 is 0 Å². The summed E-state index contributed by atoms with van der Waals surface area (Å²) in [6, 6.07) is 9.76. The maximum atomic E-state index is 12.2. The van der Waals surface area contributed by atoms with Gasteiger partial charge in [-0.3, -0.25) is 14.3 Å². The third-order valence-electron chi connectivity index (χ3n) is 4.14. The number of hydrogen-bond donors (Lipinski definition) is 3. The molecule has 0 spiro atoms. The predicted octanol–water partition coefficient (Wildman–Crippen LogP) is 0.658. The maximum Gasteiger partial charge on any atom is 0.271 e. The minimum atomic E-state index is -0.713. The highest BCUT2D eigenvalue weighted by molar-refractivity contribution is 5.98. The third-order valence-corrected chi connectivity index (χ3v) is 4.14. The number of rotatable bonds is 5. The van der Waals surface area contributed by atoms with Crippen LogP contribution < -0.4 is 10.6 Å². The number of aryl methyl sites for hydroxylation is 2. The zero-order valence-electron chi connectivity index (χ0n) is 14.2. The monoisotopic (exact) mass is 342 g/mol. The van der Waals surface area contributed by atoms with Gasteiger partial charge in [0.15, 0.2) is 5.69 Å². The highest BCUT2D eigenvalue weighted by Gasteiger charge is 2.24. The Morgan fingerprint density at radius 2 is 2.28 bits per heavy atom. The van der Waals surface area contributed by atoms with E-state index in [1.807, 2.05) is 6.07 Å². The van der Waals surface area contributed by atoms with Crippen LogP contribution in [0.3, 0.4) is 0 Å². The van der Waals surface area contributed by atoms with Gasteiger partial charge in [0.1, 0.15) is 5.69 Å². The average molecular weight is 342 g/mol. The molecule has 1 aliphatic heterocycles. The fourth-order valence-electron chi connectivity index (χ4n) is 2.87. The molecule has 7 nitrogen and oxygen atoms in total. The quantitative estimate of drug-likeness (QED) is 0.696. The van der Waals surface area contributed by atoms with E-state index in [9.17, 15) is 14.7 Å². The van der Waals surface area contributed by atoms with Crippen LogP contribution in [-0.4, -0.2) is 45.9 Å². The molecule has 2 amide bonds. The van der Waals surface area contributed by atoms with Crippen LogP contribution in [0.1, 0.15) is 38.5 Å². The zero-order chi connectivity index (χ0) is 17.8. The number of nitrogens with zero attached hydrogens (tertiary/aromatic N) is 2. The number of aliphatic hydroxyl groups is 1. The van der Waals surface area contributed by atoms with Crippen LogP contribution in [-0.2, 0) is 13.0 Å². The van der Waals surface area contributed by atoms with Crippen LogP contribution >= 0.6 is 0 Å². The molecule has 1 atom stereocenters. The molecule has 3 N–H and O–H groups in total. The molecule has 1 aromatic heterocycles. The number of benzene rings is 1. The second-order valence-electron chi connectivity index (χ2n) is 6.31. The van der Waals surface area contributed by atoms with Crippen LogP contribution in [0, 0.1) is 6.92 Å². The van der Waals surface area contributed by atoms with E-state index in [2.05, 4.69) is 40.9 Å². The maximum absolute atomic E-state index is 12.2. The van der Waals surface area contributed by atoms with E-state index in [-0.39, 0.29) is 30.6 Å². The molecule has 1 aromatic carbocycles. The largest absolute Gasteiger partial charge is 0.389 e. The number of hydrogen-bond acceptors (Lipinski definition) is 4. The van der Waals surface area contributed by atoms with Crippen LogP contribution in [0.25, 0.3) is 0 Å². The molecule has 0 saturated carbocycles. The van der Waals surface area contributed by atoms with Crippen molar-refractivity contribution in [3.8, 4) is 0 Å². The Bertz CT molecular complexity index is 784. The summed E-state index contributed by atoms with van der Waals surface area (Å²) in [7, 11) is 0. The van der Waals surface area contributed by atoms with Crippen molar-refractivity contribution in [1.82, 2.24) is 20.4 Å². The van der Waals surface area contributed by atoms with E-state index in [0.717, 1.165) is 12.8 Å². The van der Waals surface area contributed by atoms with Crippen LogP contribution in [0.5, 0.6) is 0 Å². The van der Waals surface area contributed by atoms with Gasteiger partial charge in [-0.1, -0.05) is 29.8 Å². The Hall–Kier alpha value is -2.67. The number of fused-ring (bicyclic) bond motifs is 1. The summed E-state index contributed by atoms with van der Waals surface area (Å²) in [4.78, 5) is 24.1. The summed E-state index contributed by atoms with van der Waals surface area (Å²) in [5.41, 5.74) is 2.95. The molecule has 0 bridgehead atoms. The van der Waals surface area contributed by atoms with Crippen molar-refractivity contribution in [3.05, 3.63) is 52.8 Å². The molecule has 2 heterocycles. The van der Waals surface area contributed by atoms with E-state index in [0.29, 0.717) is 12.2 Å². The van der Waals surface area contributed by atoms with Gasteiger partial charge in [-0.15, -0.1) is 0 Å². The summed E-state index contributed by atoms with van der Waals surface area (Å²) in [6.07, 6.45) is 0.994.